The number of rotatable bonds is 8. The van der Waals surface area contributed by atoms with Crippen molar-refractivity contribution in [3.8, 4) is 5.69 Å². The number of hydrogen-bond donors (Lipinski definition) is 3. The molecule has 0 aliphatic carbocycles. The van der Waals surface area contributed by atoms with E-state index in [1.807, 2.05) is 37.3 Å². The van der Waals surface area contributed by atoms with Gasteiger partial charge in [0, 0.05) is 38.2 Å². The van der Waals surface area contributed by atoms with E-state index < -0.39 is 11.6 Å². The normalized spacial score (nSPS) is 21.6. The van der Waals surface area contributed by atoms with Crippen molar-refractivity contribution in [1.29, 1.82) is 0 Å². The first kappa shape index (κ1) is 26.3. The van der Waals surface area contributed by atoms with Gasteiger partial charge in [-0.1, -0.05) is 24.3 Å². The molecule has 38 heavy (non-hydrogen) atoms. The van der Waals surface area contributed by atoms with Gasteiger partial charge in [-0.15, -0.1) is 0 Å². The van der Waals surface area contributed by atoms with Gasteiger partial charge in [0.2, 0.25) is 0 Å². The minimum Gasteiger partial charge on any atom is -0.383 e. The number of carbonyl (C=O) groups excluding carboxylic acids is 1. The lowest BCUT2D eigenvalue weighted by atomic mass is 9.94. The first-order chi connectivity index (χ1) is 18.4. The van der Waals surface area contributed by atoms with E-state index in [2.05, 4.69) is 20.9 Å². The zero-order chi connectivity index (χ0) is 26.6. The summed E-state index contributed by atoms with van der Waals surface area (Å²) < 4.78 is 34.7. The first-order valence-electron chi connectivity index (χ1n) is 13.1. The molecule has 8 nitrogen and oxygen atoms in total. The Hall–Kier alpha value is -3.34. The van der Waals surface area contributed by atoms with Gasteiger partial charge in [-0.25, -0.2) is 18.3 Å². The van der Waals surface area contributed by atoms with E-state index in [-0.39, 0.29) is 24.0 Å². The summed E-state index contributed by atoms with van der Waals surface area (Å²) in [5.74, 6) is -1.37. The predicted octanol–water partition coefficient (Wildman–Crippen LogP) is 4.12. The maximum absolute atomic E-state index is 14.1. The predicted molar refractivity (Wildman–Crippen MR) is 142 cm³/mol. The number of halogens is 2. The van der Waals surface area contributed by atoms with Crippen LogP contribution in [0.1, 0.15) is 41.6 Å². The molecule has 202 valence electrons. The average Bonchev–Trinajstić information content (AvgIpc) is 3.65. The van der Waals surface area contributed by atoms with Gasteiger partial charge >= 0.3 is 6.03 Å². The summed E-state index contributed by atoms with van der Waals surface area (Å²) in [6.07, 6.45) is 2.08. The molecule has 3 atom stereocenters. The Morgan fingerprint density at radius 3 is 2.68 bits per heavy atom. The summed E-state index contributed by atoms with van der Waals surface area (Å²) in [5, 5.41) is 14.5. The van der Waals surface area contributed by atoms with Gasteiger partial charge in [0.05, 0.1) is 30.1 Å². The van der Waals surface area contributed by atoms with Gasteiger partial charge < -0.3 is 15.4 Å². The van der Waals surface area contributed by atoms with E-state index in [1.165, 1.54) is 6.07 Å². The molecule has 0 radical (unpaired) electrons. The van der Waals surface area contributed by atoms with Crippen molar-refractivity contribution in [3.05, 3.63) is 77.0 Å². The van der Waals surface area contributed by atoms with Gasteiger partial charge in [-0.05, 0) is 56.1 Å². The van der Waals surface area contributed by atoms with Crippen molar-refractivity contribution in [2.45, 2.75) is 37.8 Å². The number of anilines is 1. The number of urea groups is 1. The number of nitrogens with one attached hydrogen (secondary N) is 3. The fourth-order valence-electron chi connectivity index (χ4n) is 5.49. The van der Waals surface area contributed by atoms with Gasteiger partial charge in [-0.2, -0.15) is 5.10 Å². The van der Waals surface area contributed by atoms with Crippen LogP contribution in [0.2, 0.25) is 0 Å². The van der Waals surface area contributed by atoms with Crippen molar-refractivity contribution in [2.75, 3.05) is 45.2 Å². The Kier molecular flexibility index (Phi) is 8.01. The third-order valence-electron chi connectivity index (χ3n) is 7.48. The van der Waals surface area contributed by atoms with Crippen LogP contribution in [-0.4, -0.2) is 66.6 Å². The summed E-state index contributed by atoms with van der Waals surface area (Å²) >= 11 is 0. The van der Waals surface area contributed by atoms with Crippen LogP contribution in [0.15, 0.2) is 48.5 Å². The van der Waals surface area contributed by atoms with E-state index >= 15 is 0 Å². The lowest BCUT2D eigenvalue weighted by molar-refractivity contribution is 0.159. The minimum absolute atomic E-state index is 0.144. The SMILES string of the molecule is COCCN1C[C@@H](NC(=O)Nc2c(C)c(C3CCCN3)nn2-c2ccccc2)[C@H](c2ccc(F)c(F)c2)C1. The number of likely N-dealkylation sites (tertiary alicyclic amines) is 1. The number of hydrogen-bond acceptors (Lipinski definition) is 5. The second-order valence-corrected chi connectivity index (χ2v) is 9.99. The summed E-state index contributed by atoms with van der Waals surface area (Å²) in [7, 11) is 1.64. The Morgan fingerprint density at radius 2 is 1.97 bits per heavy atom. The molecule has 0 bridgehead atoms. The maximum atomic E-state index is 14.1. The number of carbonyl (C=O) groups is 1. The maximum Gasteiger partial charge on any atom is 0.320 e. The number of aromatic nitrogens is 2. The van der Waals surface area contributed by atoms with E-state index in [1.54, 1.807) is 17.9 Å². The highest BCUT2D eigenvalue weighted by Gasteiger charge is 2.35. The number of methoxy groups -OCH3 is 1. The highest BCUT2D eigenvalue weighted by Crippen LogP contribution is 2.32. The second-order valence-electron chi connectivity index (χ2n) is 9.99. The Balaban J connectivity index is 1.39. The average molecular weight is 525 g/mol. The molecular weight excluding hydrogens is 490 g/mol. The number of para-hydroxylation sites is 1. The number of benzene rings is 2. The molecule has 3 N–H and O–H groups in total. The minimum atomic E-state index is -0.892. The topological polar surface area (TPSA) is 83.4 Å². The molecule has 0 saturated carbocycles. The fourth-order valence-corrected chi connectivity index (χ4v) is 5.49. The molecule has 2 aliphatic heterocycles. The smallest absolute Gasteiger partial charge is 0.320 e. The van der Waals surface area contributed by atoms with Gasteiger partial charge in [0.15, 0.2) is 11.6 Å². The van der Waals surface area contributed by atoms with Crippen LogP contribution in [0.4, 0.5) is 19.4 Å². The van der Waals surface area contributed by atoms with Crippen molar-refractivity contribution in [1.82, 2.24) is 25.3 Å². The van der Waals surface area contributed by atoms with Crippen LogP contribution < -0.4 is 16.0 Å². The molecule has 2 fully saturated rings. The third-order valence-corrected chi connectivity index (χ3v) is 7.48. The molecular formula is C28H34F2N6O2. The Bertz CT molecular complexity index is 1260. The summed E-state index contributed by atoms with van der Waals surface area (Å²) in [4.78, 5) is 15.6. The molecule has 2 saturated heterocycles. The molecule has 1 unspecified atom stereocenters. The van der Waals surface area contributed by atoms with Crippen LogP contribution in [0.5, 0.6) is 0 Å². The zero-order valence-electron chi connectivity index (χ0n) is 21.7. The number of nitrogens with zero attached hydrogens (tertiary/aromatic N) is 3. The van der Waals surface area contributed by atoms with Crippen LogP contribution in [0, 0.1) is 18.6 Å². The Labute approximate surface area is 221 Å². The second kappa shape index (κ2) is 11.6. The molecule has 3 heterocycles. The fraction of sp³-hybridized carbons (Fsp3) is 0.429. The zero-order valence-corrected chi connectivity index (χ0v) is 21.7. The van der Waals surface area contributed by atoms with Crippen LogP contribution >= 0.6 is 0 Å². The van der Waals surface area contributed by atoms with E-state index in [9.17, 15) is 13.6 Å². The summed E-state index contributed by atoms with van der Waals surface area (Å²) in [6, 6.07) is 13.1. The van der Waals surface area contributed by atoms with Gasteiger partial charge in [0.1, 0.15) is 5.82 Å². The summed E-state index contributed by atoms with van der Waals surface area (Å²) in [6.45, 7) is 5.29. The number of amides is 2. The standard InChI is InChI=1S/C28H34F2N6O2/c1-18-26(24-9-6-12-31-24)34-36(20-7-4-3-5-8-20)27(18)33-28(37)32-25-17-35(13-14-38-2)16-21(25)19-10-11-22(29)23(30)15-19/h3-5,7-8,10-11,15,21,24-25,31H,6,9,12-14,16-17H2,1-2H3,(H2,32,33,37)/t21-,24?,25+/m0/s1. The van der Waals surface area contributed by atoms with Crippen molar-refractivity contribution >= 4 is 11.8 Å². The highest BCUT2D eigenvalue weighted by atomic mass is 19.2. The molecule has 1 aromatic heterocycles. The van der Waals surface area contributed by atoms with Crippen LogP contribution in [0.25, 0.3) is 5.69 Å². The molecule has 0 spiro atoms. The van der Waals surface area contributed by atoms with Gasteiger partial charge in [-0.3, -0.25) is 10.2 Å². The van der Waals surface area contributed by atoms with E-state index in [0.717, 1.165) is 42.4 Å². The first-order valence-corrected chi connectivity index (χ1v) is 13.1. The van der Waals surface area contributed by atoms with Gasteiger partial charge in [0.25, 0.3) is 0 Å². The Morgan fingerprint density at radius 1 is 1.16 bits per heavy atom. The quantitative estimate of drug-likeness (QED) is 0.413. The third kappa shape index (κ3) is 5.57. The molecule has 2 amide bonds. The molecule has 10 heteroatoms. The molecule has 2 aromatic carbocycles. The van der Waals surface area contributed by atoms with Crippen molar-refractivity contribution in [2.24, 2.45) is 0 Å². The lowest BCUT2D eigenvalue weighted by Crippen LogP contribution is -2.42. The monoisotopic (exact) mass is 524 g/mol. The van der Waals surface area contributed by atoms with Crippen molar-refractivity contribution < 1.29 is 18.3 Å². The van der Waals surface area contributed by atoms with Crippen LogP contribution in [0.3, 0.4) is 0 Å². The summed E-state index contributed by atoms with van der Waals surface area (Å²) in [5.41, 5.74) is 3.33. The van der Waals surface area contributed by atoms with Crippen molar-refractivity contribution in [3.63, 3.8) is 0 Å². The molecule has 2 aliphatic rings. The molecule has 5 rings (SSSR count). The van der Waals surface area contributed by atoms with E-state index in [0.29, 0.717) is 37.6 Å². The lowest BCUT2D eigenvalue weighted by Gasteiger charge is -2.21. The van der Waals surface area contributed by atoms with Crippen LogP contribution in [-0.2, 0) is 4.74 Å². The van der Waals surface area contributed by atoms with E-state index in [4.69, 9.17) is 9.84 Å². The number of ether oxygens (including phenoxy) is 1. The highest BCUT2D eigenvalue weighted by molar-refractivity contribution is 5.90. The largest absolute Gasteiger partial charge is 0.383 e. The molecule has 3 aromatic rings.